The predicted molar refractivity (Wildman–Crippen MR) is 48.0 cm³/mol. The maximum atomic E-state index is 5.69. The van der Waals surface area contributed by atoms with Gasteiger partial charge in [0.1, 0.15) is 5.82 Å². The van der Waals surface area contributed by atoms with Gasteiger partial charge in [-0.05, 0) is 13.0 Å². The summed E-state index contributed by atoms with van der Waals surface area (Å²) in [5.41, 5.74) is 1.05. The van der Waals surface area contributed by atoms with Crippen LogP contribution in [0.25, 0.3) is 0 Å². The van der Waals surface area contributed by atoms with Crippen LogP contribution >= 0.6 is 11.6 Å². The first-order valence-electron chi connectivity index (χ1n) is 3.62. The summed E-state index contributed by atoms with van der Waals surface area (Å²) >= 11 is 5.69. The van der Waals surface area contributed by atoms with Crippen LogP contribution in [0.3, 0.4) is 0 Å². The summed E-state index contributed by atoms with van der Waals surface area (Å²) < 4.78 is 0. The van der Waals surface area contributed by atoms with Gasteiger partial charge in [-0.3, -0.25) is 0 Å². The van der Waals surface area contributed by atoms with Crippen LogP contribution in [0, 0.1) is 0 Å². The fourth-order valence-corrected chi connectivity index (χ4v) is 1.09. The molecule has 0 spiro atoms. The molecule has 0 unspecified atom stereocenters. The largest absolute Gasteiger partial charge is 0.370 e. The zero-order valence-electron chi connectivity index (χ0n) is 6.47. The molecule has 11 heavy (non-hydrogen) atoms. The minimum absolute atomic E-state index is 0.510. The van der Waals surface area contributed by atoms with Crippen LogP contribution in [0.5, 0.6) is 0 Å². The van der Waals surface area contributed by atoms with Gasteiger partial charge >= 0.3 is 0 Å². The molecule has 0 aromatic carbocycles. The molecule has 0 aliphatic heterocycles. The van der Waals surface area contributed by atoms with E-state index in [2.05, 4.69) is 10.3 Å². The molecule has 1 aromatic rings. The first kappa shape index (κ1) is 8.34. The van der Waals surface area contributed by atoms with Crippen LogP contribution in [-0.4, -0.2) is 11.5 Å². The van der Waals surface area contributed by atoms with E-state index in [-0.39, 0.29) is 0 Å². The van der Waals surface area contributed by atoms with E-state index in [9.17, 15) is 0 Å². The summed E-state index contributed by atoms with van der Waals surface area (Å²) in [4.78, 5) is 4.14. The lowest BCUT2D eigenvalue weighted by molar-refractivity contribution is 1.13. The molecule has 0 aliphatic carbocycles. The highest BCUT2D eigenvalue weighted by molar-refractivity contribution is 6.17. The molecule has 0 saturated heterocycles. The molecule has 0 saturated carbocycles. The van der Waals surface area contributed by atoms with Crippen molar-refractivity contribution in [2.45, 2.75) is 12.8 Å². The standard InChI is InChI=1S/C8H11ClN2/c1-2-10-8-7(6-9)4-3-5-11-8/h3-5H,2,6H2,1H3,(H,10,11). The molecule has 1 heterocycles. The molecule has 2 nitrogen and oxygen atoms in total. The number of hydrogen-bond acceptors (Lipinski definition) is 2. The monoisotopic (exact) mass is 170 g/mol. The van der Waals surface area contributed by atoms with Crippen LogP contribution in [0.15, 0.2) is 18.3 Å². The highest BCUT2D eigenvalue weighted by atomic mass is 35.5. The van der Waals surface area contributed by atoms with Crippen molar-refractivity contribution in [3.8, 4) is 0 Å². The first-order chi connectivity index (χ1) is 5.38. The maximum absolute atomic E-state index is 5.69. The smallest absolute Gasteiger partial charge is 0.130 e. The van der Waals surface area contributed by atoms with Crippen molar-refractivity contribution in [3.63, 3.8) is 0 Å². The van der Waals surface area contributed by atoms with Gasteiger partial charge in [-0.25, -0.2) is 4.98 Å². The SMILES string of the molecule is CCNc1ncccc1CCl. The van der Waals surface area contributed by atoms with Gasteiger partial charge in [-0.2, -0.15) is 0 Å². The minimum Gasteiger partial charge on any atom is -0.370 e. The second-order valence-electron chi connectivity index (χ2n) is 2.18. The molecule has 1 N–H and O–H groups in total. The topological polar surface area (TPSA) is 24.9 Å². The van der Waals surface area contributed by atoms with Gasteiger partial charge in [0.2, 0.25) is 0 Å². The van der Waals surface area contributed by atoms with Crippen molar-refractivity contribution in [2.24, 2.45) is 0 Å². The highest BCUT2D eigenvalue weighted by Crippen LogP contribution is 2.12. The summed E-state index contributed by atoms with van der Waals surface area (Å²) in [6.07, 6.45) is 1.76. The number of hydrogen-bond donors (Lipinski definition) is 1. The Morgan fingerprint density at radius 1 is 1.64 bits per heavy atom. The quantitative estimate of drug-likeness (QED) is 0.704. The Morgan fingerprint density at radius 2 is 2.45 bits per heavy atom. The number of halogens is 1. The number of pyridine rings is 1. The lowest BCUT2D eigenvalue weighted by Gasteiger charge is -2.05. The Balaban J connectivity index is 2.83. The third kappa shape index (κ3) is 2.09. The van der Waals surface area contributed by atoms with Crippen LogP contribution in [0.2, 0.25) is 0 Å². The highest BCUT2D eigenvalue weighted by Gasteiger charge is 1.98. The fourth-order valence-electron chi connectivity index (χ4n) is 0.873. The van der Waals surface area contributed by atoms with E-state index in [1.54, 1.807) is 6.20 Å². The Kier molecular flexibility index (Phi) is 3.17. The van der Waals surface area contributed by atoms with Gasteiger partial charge in [0.15, 0.2) is 0 Å². The van der Waals surface area contributed by atoms with Crippen molar-refractivity contribution in [3.05, 3.63) is 23.9 Å². The lowest BCUT2D eigenvalue weighted by atomic mass is 10.3. The van der Waals surface area contributed by atoms with Crippen molar-refractivity contribution in [1.82, 2.24) is 4.98 Å². The van der Waals surface area contributed by atoms with Crippen LogP contribution in [-0.2, 0) is 5.88 Å². The van der Waals surface area contributed by atoms with E-state index in [0.29, 0.717) is 5.88 Å². The molecular formula is C8H11ClN2. The van der Waals surface area contributed by atoms with Crippen molar-refractivity contribution < 1.29 is 0 Å². The molecule has 0 fully saturated rings. The first-order valence-corrected chi connectivity index (χ1v) is 4.15. The molecule has 1 rings (SSSR count). The summed E-state index contributed by atoms with van der Waals surface area (Å²) in [5, 5.41) is 3.13. The Hall–Kier alpha value is -0.760. The maximum Gasteiger partial charge on any atom is 0.130 e. The second-order valence-corrected chi connectivity index (χ2v) is 2.44. The number of alkyl halides is 1. The van der Waals surface area contributed by atoms with Crippen LogP contribution in [0.1, 0.15) is 12.5 Å². The minimum atomic E-state index is 0.510. The van der Waals surface area contributed by atoms with Crippen molar-refractivity contribution in [1.29, 1.82) is 0 Å². The van der Waals surface area contributed by atoms with E-state index in [4.69, 9.17) is 11.6 Å². The molecular weight excluding hydrogens is 160 g/mol. The van der Waals surface area contributed by atoms with Crippen LogP contribution in [0.4, 0.5) is 5.82 Å². The average Bonchev–Trinajstić information content (AvgIpc) is 2.06. The summed E-state index contributed by atoms with van der Waals surface area (Å²) in [7, 11) is 0. The van der Waals surface area contributed by atoms with Gasteiger partial charge < -0.3 is 5.32 Å². The van der Waals surface area contributed by atoms with E-state index in [1.165, 1.54) is 0 Å². The summed E-state index contributed by atoms with van der Waals surface area (Å²) in [5.74, 6) is 1.40. The average molecular weight is 171 g/mol. The summed E-state index contributed by atoms with van der Waals surface area (Å²) in [6, 6.07) is 3.86. The molecule has 0 bridgehead atoms. The predicted octanol–water partition coefficient (Wildman–Crippen LogP) is 2.25. The Labute approximate surface area is 71.6 Å². The van der Waals surface area contributed by atoms with E-state index >= 15 is 0 Å². The van der Waals surface area contributed by atoms with Crippen molar-refractivity contribution in [2.75, 3.05) is 11.9 Å². The lowest BCUT2D eigenvalue weighted by Crippen LogP contribution is -2.01. The van der Waals surface area contributed by atoms with Gasteiger partial charge in [-0.1, -0.05) is 6.07 Å². The number of nitrogens with one attached hydrogen (secondary N) is 1. The second kappa shape index (κ2) is 4.19. The normalized spacial score (nSPS) is 9.64. The number of rotatable bonds is 3. The third-order valence-electron chi connectivity index (χ3n) is 1.38. The van der Waals surface area contributed by atoms with Crippen molar-refractivity contribution >= 4 is 17.4 Å². The zero-order valence-corrected chi connectivity index (χ0v) is 7.23. The van der Waals surface area contributed by atoms with Gasteiger partial charge in [0, 0.05) is 18.3 Å². The molecule has 0 aliphatic rings. The molecule has 0 amide bonds. The molecule has 0 atom stereocenters. The van der Waals surface area contributed by atoms with Gasteiger partial charge in [-0.15, -0.1) is 11.6 Å². The summed E-state index contributed by atoms with van der Waals surface area (Å²) in [6.45, 7) is 2.91. The zero-order chi connectivity index (χ0) is 8.10. The number of nitrogens with zero attached hydrogens (tertiary/aromatic N) is 1. The Bertz CT molecular complexity index is 225. The Morgan fingerprint density at radius 3 is 3.09 bits per heavy atom. The molecule has 3 heteroatoms. The third-order valence-corrected chi connectivity index (χ3v) is 1.67. The number of anilines is 1. The van der Waals surface area contributed by atoms with Crippen LogP contribution < -0.4 is 5.32 Å². The molecule has 1 aromatic heterocycles. The fraction of sp³-hybridized carbons (Fsp3) is 0.375. The molecule has 60 valence electrons. The van der Waals surface area contributed by atoms with E-state index in [1.807, 2.05) is 19.1 Å². The van der Waals surface area contributed by atoms with E-state index in [0.717, 1.165) is 17.9 Å². The van der Waals surface area contributed by atoms with E-state index < -0.39 is 0 Å². The molecule has 0 radical (unpaired) electrons. The van der Waals surface area contributed by atoms with Gasteiger partial charge in [0.05, 0.1) is 5.88 Å². The number of aromatic nitrogens is 1. The van der Waals surface area contributed by atoms with Gasteiger partial charge in [0.25, 0.3) is 0 Å².